The monoisotopic (exact) mass is 441 g/mol. The molecule has 2 aliphatic carbocycles. The lowest BCUT2D eigenvalue weighted by molar-refractivity contribution is -0.123. The Hall–Kier alpha value is -2.63. The number of carbonyl (C=O) groups is 3. The van der Waals surface area contributed by atoms with Crippen molar-refractivity contribution in [3.8, 4) is 5.75 Å². The van der Waals surface area contributed by atoms with Crippen LogP contribution in [-0.2, 0) is 9.59 Å². The van der Waals surface area contributed by atoms with Crippen LogP contribution in [-0.4, -0.2) is 24.2 Å². The van der Waals surface area contributed by atoms with Crippen molar-refractivity contribution < 1.29 is 19.1 Å². The van der Waals surface area contributed by atoms with Crippen molar-refractivity contribution in [3.05, 3.63) is 70.2 Å². The normalized spacial score (nSPS) is 26.4. The molecule has 2 amide bonds. The first-order valence-electron chi connectivity index (χ1n) is 9.71. The van der Waals surface area contributed by atoms with Crippen molar-refractivity contribution in [1.29, 1.82) is 0 Å². The molecule has 5 nitrogen and oxygen atoms in total. The van der Waals surface area contributed by atoms with Gasteiger partial charge in [-0.3, -0.25) is 14.4 Å². The summed E-state index contributed by atoms with van der Waals surface area (Å²) in [6.45, 7) is -0.244. The van der Waals surface area contributed by atoms with E-state index < -0.39 is 0 Å². The van der Waals surface area contributed by atoms with Crippen LogP contribution < -0.4 is 9.64 Å². The van der Waals surface area contributed by atoms with E-state index >= 15 is 0 Å². The van der Waals surface area contributed by atoms with E-state index in [1.165, 1.54) is 11.0 Å². The highest BCUT2D eigenvalue weighted by atomic mass is 35.5. The topological polar surface area (TPSA) is 63.7 Å². The van der Waals surface area contributed by atoms with Crippen LogP contribution in [0.15, 0.2) is 54.6 Å². The second-order valence-corrected chi connectivity index (χ2v) is 8.72. The molecule has 2 bridgehead atoms. The molecule has 1 heterocycles. The zero-order valence-corrected chi connectivity index (χ0v) is 17.3. The number of ketones is 1. The van der Waals surface area contributed by atoms with Crippen LogP contribution in [0.4, 0.5) is 5.69 Å². The maximum absolute atomic E-state index is 13.1. The van der Waals surface area contributed by atoms with Crippen LogP contribution in [0, 0.1) is 23.7 Å². The molecule has 0 aromatic heterocycles. The molecular weight excluding hydrogens is 425 g/mol. The fourth-order valence-electron chi connectivity index (χ4n) is 4.79. The zero-order valence-electron chi connectivity index (χ0n) is 15.8. The molecule has 0 radical (unpaired) electrons. The molecule has 7 heteroatoms. The number of anilines is 1. The van der Waals surface area contributed by atoms with Crippen LogP contribution in [0.1, 0.15) is 16.8 Å². The van der Waals surface area contributed by atoms with Crippen molar-refractivity contribution in [2.24, 2.45) is 23.7 Å². The summed E-state index contributed by atoms with van der Waals surface area (Å²) in [6, 6.07) is 11.2. The number of benzene rings is 2. The van der Waals surface area contributed by atoms with Crippen molar-refractivity contribution >= 4 is 46.5 Å². The predicted octanol–water partition coefficient (Wildman–Crippen LogP) is 4.57. The van der Waals surface area contributed by atoms with Gasteiger partial charge >= 0.3 is 0 Å². The molecule has 2 fully saturated rings. The number of Topliss-reactive ketones (excluding diaryl/α,β-unsaturated/α-hetero) is 1. The first kappa shape index (κ1) is 19.3. The van der Waals surface area contributed by atoms with E-state index in [-0.39, 0.29) is 59.3 Å². The second-order valence-electron chi connectivity index (χ2n) is 7.84. The van der Waals surface area contributed by atoms with Crippen molar-refractivity contribution in [3.63, 3.8) is 0 Å². The smallest absolute Gasteiger partial charge is 0.238 e. The summed E-state index contributed by atoms with van der Waals surface area (Å²) in [7, 11) is 0. The number of rotatable bonds is 5. The van der Waals surface area contributed by atoms with E-state index in [1.54, 1.807) is 36.4 Å². The number of amides is 2. The lowest BCUT2D eigenvalue weighted by atomic mass is 9.85. The molecule has 5 rings (SSSR count). The molecule has 30 heavy (non-hydrogen) atoms. The largest absolute Gasteiger partial charge is 0.483 e. The van der Waals surface area contributed by atoms with Gasteiger partial charge < -0.3 is 4.74 Å². The number of hydrogen-bond acceptors (Lipinski definition) is 4. The highest BCUT2D eigenvalue weighted by Gasteiger charge is 2.59. The van der Waals surface area contributed by atoms with E-state index in [1.807, 2.05) is 12.2 Å². The zero-order chi connectivity index (χ0) is 21.0. The van der Waals surface area contributed by atoms with Crippen LogP contribution in [0.5, 0.6) is 5.75 Å². The Kier molecular flexibility index (Phi) is 4.68. The fourth-order valence-corrected chi connectivity index (χ4v) is 5.08. The number of imide groups is 1. The number of halogens is 2. The molecule has 0 unspecified atom stereocenters. The van der Waals surface area contributed by atoms with Crippen LogP contribution in [0.3, 0.4) is 0 Å². The van der Waals surface area contributed by atoms with Gasteiger partial charge in [-0.25, -0.2) is 4.90 Å². The molecule has 0 N–H and O–H groups in total. The maximum atomic E-state index is 13.1. The Balaban J connectivity index is 1.41. The van der Waals surface area contributed by atoms with Crippen LogP contribution in [0.2, 0.25) is 10.0 Å². The summed E-state index contributed by atoms with van der Waals surface area (Å²) in [5.74, 6) is -0.858. The van der Waals surface area contributed by atoms with Gasteiger partial charge in [0.2, 0.25) is 11.8 Å². The molecule has 2 aromatic rings. The molecule has 0 spiro atoms. The second kappa shape index (κ2) is 7.25. The summed E-state index contributed by atoms with van der Waals surface area (Å²) in [5.41, 5.74) is 0.746. The summed E-state index contributed by atoms with van der Waals surface area (Å²) >= 11 is 12.0. The highest BCUT2D eigenvalue weighted by molar-refractivity contribution is 6.32. The van der Waals surface area contributed by atoms with E-state index in [2.05, 4.69) is 0 Å². The van der Waals surface area contributed by atoms with Gasteiger partial charge in [-0.15, -0.1) is 0 Å². The lowest BCUT2D eigenvalue weighted by Gasteiger charge is -2.21. The van der Waals surface area contributed by atoms with Gasteiger partial charge in [-0.05, 0) is 60.7 Å². The number of allylic oxidation sites excluding steroid dienone is 2. The number of ether oxygens (including phenoxy) is 1. The van der Waals surface area contributed by atoms with Gasteiger partial charge in [0.25, 0.3) is 0 Å². The summed E-state index contributed by atoms with van der Waals surface area (Å²) in [4.78, 5) is 39.9. The standard InChI is InChI=1S/C23H17Cl2NO4/c24-15-5-3-12(4-6-15)18(27)11-30-19-8-7-16(25)10-17(19)26-22(28)20-13-1-2-14(9-13)21(20)23(26)29/h1-8,10,13-14,20-21H,9,11H2/t13-,14-,20-,21-/m0/s1. The Labute approximate surface area is 183 Å². The van der Waals surface area contributed by atoms with Gasteiger partial charge in [0, 0.05) is 15.6 Å². The van der Waals surface area contributed by atoms with Gasteiger partial charge in [0.1, 0.15) is 5.75 Å². The Morgan fingerprint density at radius 2 is 1.53 bits per heavy atom. The quantitative estimate of drug-likeness (QED) is 0.387. The van der Waals surface area contributed by atoms with E-state index in [9.17, 15) is 14.4 Å². The third kappa shape index (κ3) is 3.04. The minimum Gasteiger partial charge on any atom is -0.483 e. The minimum atomic E-state index is -0.324. The van der Waals surface area contributed by atoms with Crippen LogP contribution in [0.25, 0.3) is 0 Å². The third-order valence-corrected chi connectivity index (χ3v) is 6.64. The molecular formula is C23H17Cl2NO4. The number of fused-ring (bicyclic) bond motifs is 5. The minimum absolute atomic E-state index is 0.108. The SMILES string of the molecule is O=C(COc1ccc(Cl)cc1N1C(=O)[C@@H]2[C@@H](C1=O)[C@H]1C=C[C@H]2C1)c1ccc(Cl)cc1. The molecule has 1 saturated heterocycles. The summed E-state index contributed by atoms with van der Waals surface area (Å²) < 4.78 is 5.74. The Bertz CT molecular complexity index is 1060. The number of nitrogens with zero attached hydrogens (tertiary/aromatic N) is 1. The van der Waals surface area contributed by atoms with E-state index in [4.69, 9.17) is 27.9 Å². The first-order chi connectivity index (χ1) is 14.4. The van der Waals surface area contributed by atoms with Gasteiger partial charge in [0.05, 0.1) is 17.5 Å². The Morgan fingerprint density at radius 1 is 0.933 bits per heavy atom. The molecule has 1 aliphatic heterocycles. The van der Waals surface area contributed by atoms with Gasteiger partial charge in [0.15, 0.2) is 12.4 Å². The average Bonchev–Trinajstić information content (AvgIpc) is 3.41. The molecule has 152 valence electrons. The van der Waals surface area contributed by atoms with E-state index in [0.29, 0.717) is 15.6 Å². The molecule has 4 atom stereocenters. The maximum Gasteiger partial charge on any atom is 0.238 e. The van der Waals surface area contributed by atoms with Gasteiger partial charge in [-0.1, -0.05) is 35.4 Å². The third-order valence-electron chi connectivity index (χ3n) is 6.16. The van der Waals surface area contributed by atoms with Gasteiger partial charge in [-0.2, -0.15) is 0 Å². The Morgan fingerprint density at radius 3 is 2.17 bits per heavy atom. The molecule has 3 aliphatic rings. The van der Waals surface area contributed by atoms with Crippen molar-refractivity contribution in [1.82, 2.24) is 0 Å². The fraction of sp³-hybridized carbons (Fsp3) is 0.261. The van der Waals surface area contributed by atoms with E-state index in [0.717, 1.165) is 6.42 Å². The van der Waals surface area contributed by atoms with Crippen molar-refractivity contribution in [2.75, 3.05) is 11.5 Å². The summed E-state index contributed by atoms with van der Waals surface area (Å²) in [5, 5.41) is 0.910. The number of hydrogen-bond donors (Lipinski definition) is 0. The van der Waals surface area contributed by atoms with Crippen molar-refractivity contribution in [2.45, 2.75) is 6.42 Å². The molecule has 2 aromatic carbocycles. The highest BCUT2D eigenvalue weighted by Crippen LogP contribution is 2.54. The van der Waals surface area contributed by atoms with Crippen LogP contribution >= 0.6 is 23.2 Å². The lowest BCUT2D eigenvalue weighted by Crippen LogP contribution is -2.33. The summed E-state index contributed by atoms with van der Waals surface area (Å²) in [6.07, 6.45) is 4.94. The molecule has 1 saturated carbocycles. The predicted molar refractivity (Wildman–Crippen MR) is 113 cm³/mol. The number of carbonyl (C=O) groups excluding carboxylic acids is 3. The first-order valence-corrected chi connectivity index (χ1v) is 10.5. The average molecular weight is 442 g/mol.